The number of aryl methyl sites for hydroxylation is 1. The van der Waals surface area contributed by atoms with Crippen molar-refractivity contribution in [3.8, 4) is 0 Å². The molecule has 92 valence electrons. The Morgan fingerprint density at radius 1 is 1.41 bits per heavy atom. The van der Waals surface area contributed by atoms with E-state index in [1.807, 2.05) is 36.1 Å². The molecule has 4 nitrogen and oxygen atoms in total. The molecule has 0 unspecified atom stereocenters. The molecule has 1 aliphatic heterocycles. The molecular weight excluding hydrogens is 218 g/mol. The fourth-order valence-electron chi connectivity index (χ4n) is 2.19. The number of rotatable bonds is 3. The summed E-state index contributed by atoms with van der Waals surface area (Å²) in [6.45, 7) is 4.53. The molecule has 0 aliphatic carbocycles. The summed E-state index contributed by atoms with van der Waals surface area (Å²) in [6, 6.07) is 7.14. The minimum absolute atomic E-state index is 0.557. The van der Waals surface area contributed by atoms with E-state index >= 15 is 0 Å². The quantitative estimate of drug-likeness (QED) is 0.861. The fourth-order valence-corrected chi connectivity index (χ4v) is 2.19. The number of carboxylic acids is 1. The van der Waals surface area contributed by atoms with E-state index in [9.17, 15) is 9.90 Å². The van der Waals surface area contributed by atoms with Gasteiger partial charge in [0.2, 0.25) is 0 Å². The Labute approximate surface area is 101 Å². The van der Waals surface area contributed by atoms with Gasteiger partial charge in [-0.2, -0.15) is 0 Å². The maximum absolute atomic E-state index is 11.4. The summed E-state index contributed by atoms with van der Waals surface area (Å²) < 4.78 is 5.25. The third kappa shape index (κ3) is 2.84. The maximum atomic E-state index is 11.4. The van der Waals surface area contributed by atoms with Gasteiger partial charge >= 0.3 is 5.97 Å². The second-order valence-electron chi connectivity index (χ2n) is 4.30. The van der Waals surface area contributed by atoms with Crippen molar-refractivity contribution in [1.29, 1.82) is 0 Å². The van der Waals surface area contributed by atoms with Crippen molar-refractivity contribution >= 4 is 5.97 Å². The van der Waals surface area contributed by atoms with Crippen LogP contribution < -0.4 is 0 Å². The summed E-state index contributed by atoms with van der Waals surface area (Å²) in [5.41, 5.74) is 1.93. The lowest BCUT2D eigenvalue weighted by atomic mass is 10.0. The van der Waals surface area contributed by atoms with E-state index in [0.717, 1.165) is 11.1 Å². The topological polar surface area (TPSA) is 49.8 Å². The molecule has 1 heterocycles. The second-order valence-corrected chi connectivity index (χ2v) is 4.30. The van der Waals surface area contributed by atoms with Crippen LogP contribution in [-0.4, -0.2) is 42.3 Å². The molecule has 0 bridgehead atoms. The highest BCUT2D eigenvalue weighted by Crippen LogP contribution is 2.22. The Bertz CT molecular complexity index is 399. The molecule has 1 saturated heterocycles. The van der Waals surface area contributed by atoms with Gasteiger partial charge in [0.25, 0.3) is 0 Å². The molecule has 0 amide bonds. The first-order valence-electron chi connectivity index (χ1n) is 5.79. The monoisotopic (exact) mass is 235 g/mol. The van der Waals surface area contributed by atoms with Gasteiger partial charge in [0, 0.05) is 13.1 Å². The molecule has 1 N–H and O–H groups in total. The molecule has 1 aromatic rings. The maximum Gasteiger partial charge on any atom is 0.325 e. The Hall–Kier alpha value is -1.39. The number of hydrogen-bond donors (Lipinski definition) is 1. The molecule has 2 rings (SSSR count). The van der Waals surface area contributed by atoms with Crippen molar-refractivity contribution in [1.82, 2.24) is 4.90 Å². The molecule has 0 radical (unpaired) electrons. The van der Waals surface area contributed by atoms with E-state index in [0.29, 0.717) is 26.3 Å². The summed E-state index contributed by atoms with van der Waals surface area (Å²) in [4.78, 5) is 13.4. The van der Waals surface area contributed by atoms with E-state index in [4.69, 9.17) is 4.74 Å². The molecule has 0 spiro atoms. The SMILES string of the molecule is Cc1cccc([C@H](C(=O)O)N2CCOCC2)c1. The van der Waals surface area contributed by atoms with E-state index < -0.39 is 12.0 Å². The van der Waals surface area contributed by atoms with Crippen LogP contribution in [0, 0.1) is 6.92 Å². The summed E-state index contributed by atoms with van der Waals surface area (Å²) in [7, 11) is 0. The molecule has 1 aliphatic rings. The summed E-state index contributed by atoms with van der Waals surface area (Å²) in [5, 5.41) is 9.39. The van der Waals surface area contributed by atoms with Gasteiger partial charge in [-0.3, -0.25) is 9.69 Å². The first-order chi connectivity index (χ1) is 8.18. The Morgan fingerprint density at radius 2 is 2.12 bits per heavy atom. The second kappa shape index (κ2) is 5.29. The first kappa shape index (κ1) is 12.1. The van der Waals surface area contributed by atoms with Gasteiger partial charge in [0.1, 0.15) is 6.04 Å². The molecule has 17 heavy (non-hydrogen) atoms. The predicted octanol–water partition coefficient (Wildman–Crippen LogP) is 1.45. The lowest BCUT2D eigenvalue weighted by Crippen LogP contribution is -2.42. The van der Waals surface area contributed by atoms with E-state index in [1.54, 1.807) is 0 Å². The lowest BCUT2D eigenvalue weighted by Gasteiger charge is -2.32. The minimum atomic E-state index is -0.794. The van der Waals surface area contributed by atoms with E-state index in [2.05, 4.69) is 0 Å². The van der Waals surface area contributed by atoms with Crippen LogP contribution in [0.25, 0.3) is 0 Å². The van der Waals surface area contributed by atoms with Crippen molar-refractivity contribution < 1.29 is 14.6 Å². The molecule has 1 fully saturated rings. The Balaban J connectivity index is 2.25. The highest BCUT2D eigenvalue weighted by atomic mass is 16.5. The standard InChI is InChI=1S/C13H17NO3/c1-10-3-2-4-11(9-10)12(13(15)16)14-5-7-17-8-6-14/h2-4,9,12H,5-8H2,1H3,(H,15,16)/t12-/m1/s1. The Morgan fingerprint density at radius 3 is 2.71 bits per heavy atom. The highest BCUT2D eigenvalue weighted by Gasteiger charge is 2.28. The van der Waals surface area contributed by atoms with Gasteiger partial charge in [-0.1, -0.05) is 29.8 Å². The number of hydrogen-bond acceptors (Lipinski definition) is 3. The third-order valence-electron chi connectivity index (χ3n) is 3.00. The normalized spacial score (nSPS) is 18.9. The van der Waals surface area contributed by atoms with Crippen LogP contribution in [0.1, 0.15) is 17.2 Å². The number of nitrogens with zero attached hydrogens (tertiary/aromatic N) is 1. The van der Waals surface area contributed by atoms with Crippen LogP contribution in [0.5, 0.6) is 0 Å². The van der Waals surface area contributed by atoms with Crippen LogP contribution >= 0.6 is 0 Å². The highest BCUT2D eigenvalue weighted by molar-refractivity contribution is 5.75. The lowest BCUT2D eigenvalue weighted by molar-refractivity contribution is -0.145. The number of carboxylic acid groups (broad SMARTS) is 1. The van der Waals surface area contributed by atoms with Gasteiger partial charge in [-0.05, 0) is 12.5 Å². The minimum Gasteiger partial charge on any atom is -0.480 e. The largest absolute Gasteiger partial charge is 0.480 e. The zero-order valence-electron chi connectivity index (χ0n) is 9.93. The van der Waals surface area contributed by atoms with Crippen LogP contribution in [0.4, 0.5) is 0 Å². The predicted molar refractivity (Wildman–Crippen MR) is 63.9 cm³/mol. The van der Waals surface area contributed by atoms with E-state index in [1.165, 1.54) is 0 Å². The van der Waals surface area contributed by atoms with Crippen molar-refractivity contribution in [2.75, 3.05) is 26.3 Å². The van der Waals surface area contributed by atoms with Gasteiger partial charge in [0.05, 0.1) is 13.2 Å². The Kier molecular flexibility index (Phi) is 3.76. The summed E-state index contributed by atoms with van der Waals surface area (Å²) >= 11 is 0. The number of aliphatic carboxylic acids is 1. The smallest absolute Gasteiger partial charge is 0.325 e. The number of carbonyl (C=O) groups is 1. The molecule has 4 heteroatoms. The van der Waals surface area contributed by atoms with Gasteiger partial charge < -0.3 is 9.84 Å². The van der Waals surface area contributed by atoms with Crippen molar-refractivity contribution in [2.24, 2.45) is 0 Å². The van der Waals surface area contributed by atoms with Gasteiger partial charge in [-0.25, -0.2) is 0 Å². The zero-order valence-corrected chi connectivity index (χ0v) is 9.93. The summed E-state index contributed by atoms with van der Waals surface area (Å²) in [5.74, 6) is -0.794. The van der Waals surface area contributed by atoms with Crippen molar-refractivity contribution in [3.63, 3.8) is 0 Å². The van der Waals surface area contributed by atoms with Crippen LogP contribution in [0.3, 0.4) is 0 Å². The van der Waals surface area contributed by atoms with Crippen molar-refractivity contribution in [2.45, 2.75) is 13.0 Å². The molecule has 0 aromatic heterocycles. The average Bonchev–Trinajstić information content (AvgIpc) is 2.30. The molecule has 1 aromatic carbocycles. The zero-order chi connectivity index (χ0) is 12.3. The molecule has 1 atom stereocenters. The molecular formula is C13H17NO3. The van der Waals surface area contributed by atoms with Crippen LogP contribution in [0.2, 0.25) is 0 Å². The third-order valence-corrected chi connectivity index (χ3v) is 3.00. The fraction of sp³-hybridized carbons (Fsp3) is 0.462. The summed E-state index contributed by atoms with van der Waals surface area (Å²) in [6.07, 6.45) is 0. The number of benzene rings is 1. The van der Waals surface area contributed by atoms with Gasteiger partial charge in [0.15, 0.2) is 0 Å². The van der Waals surface area contributed by atoms with Crippen molar-refractivity contribution in [3.05, 3.63) is 35.4 Å². The first-order valence-corrected chi connectivity index (χ1v) is 5.79. The van der Waals surface area contributed by atoms with E-state index in [-0.39, 0.29) is 0 Å². The average molecular weight is 235 g/mol. The van der Waals surface area contributed by atoms with Crippen LogP contribution in [-0.2, 0) is 9.53 Å². The van der Waals surface area contributed by atoms with Gasteiger partial charge in [-0.15, -0.1) is 0 Å². The van der Waals surface area contributed by atoms with Crippen LogP contribution in [0.15, 0.2) is 24.3 Å². The number of morpholine rings is 1. The number of ether oxygens (including phenoxy) is 1. The molecule has 0 saturated carbocycles.